The van der Waals surface area contributed by atoms with Gasteiger partial charge in [-0.2, -0.15) is 5.10 Å². The molecule has 0 amide bonds. The van der Waals surface area contributed by atoms with E-state index in [9.17, 15) is 9.90 Å². The number of aliphatic carboxylic acids is 1. The lowest BCUT2D eigenvalue weighted by molar-refractivity contribution is -0.139. The van der Waals surface area contributed by atoms with Gasteiger partial charge >= 0.3 is 5.97 Å². The fourth-order valence-electron chi connectivity index (χ4n) is 3.42. The van der Waals surface area contributed by atoms with E-state index in [1.807, 2.05) is 102 Å². The van der Waals surface area contributed by atoms with Crippen molar-refractivity contribution in [3.8, 4) is 16.9 Å². The Morgan fingerprint density at radius 1 is 0.900 bits per heavy atom. The summed E-state index contributed by atoms with van der Waals surface area (Å²) in [4.78, 5) is 11.8. The topological polar surface area (TPSA) is 67.2 Å². The molecule has 30 heavy (non-hydrogen) atoms. The SMILES string of the molecule is O=C(O)[C@@H](Cc1ccccc1)NCc1cn(-c2ccccc2)nc1-c1ccccc1. The molecule has 0 unspecified atom stereocenters. The van der Waals surface area contributed by atoms with Gasteiger partial charge in [0.15, 0.2) is 0 Å². The van der Waals surface area contributed by atoms with Crippen molar-refractivity contribution in [2.75, 3.05) is 0 Å². The van der Waals surface area contributed by atoms with E-state index >= 15 is 0 Å². The van der Waals surface area contributed by atoms with Crippen LogP contribution in [0.3, 0.4) is 0 Å². The second-order valence-corrected chi connectivity index (χ2v) is 7.11. The average Bonchev–Trinajstić information content (AvgIpc) is 3.22. The molecule has 1 atom stereocenters. The van der Waals surface area contributed by atoms with E-state index in [2.05, 4.69) is 5.32 Å². The van der Waals surface area contributed by atoms with Crippen LogP contribution in [0.15, 0.2) is 97.2 Å². The third-order valence-corrected chi connectivity index (χ3v) is 4.98. The van der Waals surface area contributed by atoms with Gasteiger partial charge in [-0.3, -0.25) is 10.1 Å². The number of carboxylic acid groups (broad SMARTS) is 1. The van der Waals surface area contributed by atoms with E-state index in [0.29, 0.717) is 13.0 Å². The molecular formula is C25H23N3O2. The van der Waals surface area contributed by atoms with Crippen LogP contribution in [0.4, 0.5) is 0 Å². The highest BCUT2D eigenvalue weighted by molar-refractivity contribution is 5.74. The van der Waals surface area contributed by atoms with Gasteiger partial charge in [-0.1, -0.05) is 78.9 Å². The van der Waals surface area contributed by atoms with Gasteiger partial charge in [0, 0.05) is 23.9 Å². The molecule has 4 rings (SSSR count). The van der Waals surface area contributed by atoms with E-state index < -0.39 is 12.0 Å². The molecule has 0 radical (unpaired) electrons. The highest BCUT2D eigenvalue weighted by atomic mass is 16.4. The Labute approximate surface area is 175 Å². The number of carbonyl (C=O) groups is 1. The molecule has 0 fully saturated rings. The predicted molar refractivity (Wildman–Crippen MR) is 117 cm³/mol. The molecule has 1 heterocycles. The minimum absolute atomic E-state index is 0.404. The summed E-state index contributed by atoms with van der Waals surface area (Å²) in [6.07, 6.45) is 2.38. The Morgan fingerprint density at radius 3 is 2.13 bits per heavy atom. The van der Waals surface area contributed by atoms with Crippen molar-refractivity contribution in [1.82, 2.24) is 15.1 Å². The Bertz CT molecular complexity index is 1090. The second kappa shape index (κ2) is 9.20. The first-order chi connectivity index (χ1) is 14.7. The predicted octanol–water partition coefficient (Wildman–Crippen LogP) is 4.32. The maximum absolute atomic E-state index is 11.8. The molecule has 0 spiro atoms. The van der Waals surface area contributed by atoms with Crippen molar-refractivity contribution in [3.63, 3.8) is 0 Å². The first kappa shape index (κ1) is 19.6. The number of rotatable bonds is 8. The van der Waals surface area contributed by atoms with Crippen molar-refractivity contribution < 1.29 is 9.90 Å². The normalized spacial score (nSPS) is 11.9. The number of hydrogen-bond acceptors (Lipinski definition) is 3. The summed E-state index contributed by atoms with van der Waals surface area (Å²) in [5.74, 6) is -0.865. The first-order valence-corrected chi connectivity index (χ1v) is 9.90. The van der Waals surface area contributed by atoms with Gasteiger partial charge in [0.1, 0.15) is 6.04 Å². The molecule has 0 saturated heterocycles. The van der Waals surface area contributed by atoms with Gasteiger partial charge in [-0.05, 0) is 24.1 Å². The Balaban J connectivity index is 1.60. The molecule has 5 nitrogen and oxygen atoms in total. The lowest BCUT2D eigenvalue weighted by atomic mass is 10.0. The molecular weight excluding hydrogens is 374 g/mol. The Morgan fingerprint density at radius 2 is 1.50 bits per heavy atom. The first-order valence-electron chi connectivity index (χ1n) is 9.90. The van der Waals surface area contributed by atoms with Gasteiger partial charge in [-0.25, -0.2) is 4.68 Å². The Kier molecular flexibility index (Phi) is 6.01. The number of hydrogen-bond donors (Lipinski definition) is 2. The quantitative estimate of drug-likeness (QED) is 0.465. The van der Waals surface area contributed by atoms with Crippen LogP contribution in [-0.4, -0.2) is 26.9 Å². The molecule has 0 saturated carbocycles. The summed E-state index contributed by atoms with van der Waals surface area (Å²) in [6, 6.07) is 28.8. The monoisotopic (exact) mass is 397 g/mol. The van der Waals surface area contributed by atoms with Crippen molar-refractivity contribution in [1.29, 1.82) is 0 Å². The summed E-state index contributed by atoms with van der Waals surface area (Å²) in [5, 5.41) is 17.7. The molecule has 0 aliphatic carbocycles. The molecule has 0 aliphatic rings. The van der Waals surface area contributed by atoms with Crippen LogP contribution in [0.1, 0.15) is 11.1 Å². The molecule has 2 N–H and O–H groups in total. The fourth-order valence-corrected chi connectivity index (χ4v) is 3.42. The zero-order valence-corrected chi connectivity index (χ0v) is 16.5. The summed E-state index contributed by atoms with van der Waals surface area (Å²) in [7, 11) is 0. The molecule has 0 bridgehead atoms. The highest BCUT2D eigenvalue weighted by Gasteiger charge is 2.19. The van der Waals surface area contributed by atoms with Crippen molar-refractivity contribution in [2.24, 2.45) is 0 Å². The van der Waals surface area contributed by atoms with Gasteiger partial charge < -0.3 is 5.11 Å². The van der Waals surface area contributed by atoms with Crippen molar-refractivity contribution in [3.05, 3.63) is 108 Å². The lowest BCUT2D eigenvalue weighted by Gasteiger charge is -2.14. The third-order valence-electron chi connectivity index (χ3n) is 4.98. The van der Waals surface area contributed by atoms with Crippen LogP contribution >= 0.6 is 0 Å². The number of carboxylic acids is 1. The van der Waals surface area contributed by atoms with Gasteiger partial charge in [0.05, 0.1) is 11.4 Å². The number of para-hydroxylation sites is 1. The summed E-state index contributed by atoms with van der Waals surface area (Å²) in [6.45, 7) is 0.404. The highest BCUT2D eigenvalue weighted by Crippen LogP contribution is 2.23. The smallest absolute Gasteiger partial charge is 0.321 e. The minimum Gasteiger partial charge on any atom is -0.480 e. The standard InChI is InChI=1S/C25H23N3O2/c29-25(30)23(16-19-10-4-1-5-11-19)26-17-21-18-28(22-14-8-3-9-15-22)27-24(21)20-12-6-2-7-13-20/h1-15,18,23,26H,16-17H2,(H,29,30)/t23-/m1/s1. The maximum Gasteiger partial charge on any atom is 0.321 e. The van der Waals surface area contributed by atoms with Crippen LogP contribution < -0.4 is 5.32 Å². The van der Waals surface area contributed by atoms with Crippen LogP contribution in [0.2, 0.25) is 0 Å². The van der Waals surface area contributed by atoms with Crippen LogP contribution in [0, 0.1) is 0 Å². The average molecular weight is 397 g/mol. The minimum atomic E-state index is -0.865. The Hall–Kier alpha value is -3.70. The van der Waals surface area contributed by atoms with Crippen molar-refractivity contribution >= 4 is 5.97 Å². The number of nitrogens with one attached hydrogen (secondary N) is 1. The van der Waals surface area contributed by atoms with Crippen molar-refractivity contribution in [2.45, 2.75) is 19.0 Å². The molecule has 5 heteroatoms. The zero-order chi connectivity index (χ0) is 20.8. The van der Waals surface area contributed by atoms with E-state index in [0.717, 1.165) is 28.1 Å². The van der Waals surface area contributed by atoms with Gasteiger partial charge in [-0.15, -0.1) is 0 Å². The summed E-state index contributed by atoms with van der Waals surface area (Å²) in [5.41, 5.74) is 4.74. The number of nitrogens with zero attached hydrogens (tertiary/aromatic N) is 2. The third kappa shape index (κ3) is 4.64. The van der Waals surface area contributed by atoms with Crippen LogP contribution in [-0.2, 0) is 17.8 Å². The molecule has 4 aromatic rings. The lowest BCUT2D eigenvalue weighted by Crippen LogP contribution is -2.38. The molecule has 1 aromatic heterocycles. The zero-order valence-electron chi connectivity index (χ0n) is 16.5. The fraction of sp³-hybridized carbons (Fsp3) is 0.120. The second-order valence-electron chi connectivity index (χ2n) is 7.11. The molecule has 0 aliphatic heterocycles. The maximum atomic E-state index is 11.8. The van der Waals surface area contributed by atoms with E-state index in [4.69, 9.17) is 5.10 Å². The van der Waals surface area contributed by atoms with Gasteiger partial charge in [0.2, 0.25) is 0 Å². The summed E-state index contributed by atoms with van der Waals surface area (Å²) < 4.78 is 1.84. The van der Waals surface area contributed by atoms with Crippen LogP contribution in [0.25, 0.3) is 16.9 Å². The number of aromatic nitrogens is 2. The molecule has 150 valence electrons. The van der Waals surface area contributed by atoms with Crippen LogP contribution in [0.5, 0.6) is 0 Å². The largest absolute Gasteiger partial charge is 0.480 e. The van der Waals surface area contributed by atoms with E-state index in [1.54, 1.807) is 0 Å². The van der Waals surface area contributed by atoms with E-state index in [1.165, 1.54) is 0 Å². The summed E-state index contributed by atoms with van der Waals surface area (Å²) >= 11 is 0. The van der Waals surface area contributed by atoms with Gasteiger partial charge in [0.25, 0.3) is 0 Å². The van der Waals surface area contributed by atoms with E-state index in [-0.39, 0.29) is 0 Å². The molecule has 3 aromatic carbocycles. The number of benzene rings is 3.